The first-order chi connectivity index (χ1) is 23.7. The van der Waals surface area contributed by atoms with E-state index in [1.165, 1.54) is 0 Å². The number of hydrogen-bond donors (Lipinski definition) is 0. The first-order valence-corrected chi connectivity index (χ1v) is 16.1. The SMILES string of the molecule is O=C1c2cccc(OCc3c4ccccc4cc4ccccc34)c2C(=O)c2c(OCc3c4ccccc4cc4ccccc34)cccc21. The Bertz CT molecular complexity index is 2330. The van der Waals surface area contributed by atoms with Crippen molar-refractivity contribution in [1.82, 2.24) is 0 Å². The third kappa shape index (κ3) is 4.45. The van der Waals surface area contributed by atoms with Crippen LogP contribution in [0.5, 0.6) is 11.5 Å². The van der Waals surface area contributed by atoms with Gasteiger partial charge in [-0.05, 0) is 67.4 Å². The zero-order chi connectivity index (χ0) is 32.2. The van der Waals surface area contributed by atoms with Crippen LogP contribution in [0.4, 0.5) is 0 Å². The standard InChI is InChI=1S/C44H28O4/c45-43-35-19-9-21-39(47-25-37-31-15-5-1-11-27(31)23-28-12-2-6-16-32(28)37)41(35)44(46)42-36(43)20-10-22-40(42)48-26-38-33-17-7-3-13-29(33)24-30-14-4-8-18-34(30)38/h1-24H,25-26H2. The molecular formula is C44H28O4. The van der Waals surface area contributed by atoms with E-state index in [-0.39, 0.29) is 35.9 Å². The molecule has 0 heterocycles. The molecule has 0 fully saturated rings. The third-order valence-corrected chi connectivity index (χ3v) is 9.51. The van der Waals surface area contributed by atoms with Crippen LogP contribution in [0, 0.1) is 0 Å². The summed E-state index contributed by atoms with van der Waals surface area (Å²) in [5.74, 6) is 0.254. The van der Waals surface area contributed by atoms with Crippen LogP contribution in [-0.4, -0.2) is 11.6 Å². The average molecular weight is 621 g/mol. The molecule has 0 aliphatic heterocycles. The molecule has 8 aromatic rings. The molecule has 4 nitrogen and oxygen atoms in total. The smallest absolute Gasteiger partial charge is 0.201 e. The van der Waals surface area contributed by atoms with Crippen molar-refractivity contribution in [3.8, 4) is 11.5 Å². The minimum absolute atomic E-state index is 0.221. The van der Waals surface area contributed by atoms with Crippen LogP contribution in [-0.2, 0) is 13.2 Å². The van der Waals surface area contributed by atoms with Crippen LogP contribution in [0.15, 0.2) is 146 Å². The van der Waals surface area contributed by atoms with E-state index in [2.05, 4.69) is 60.7 Å². The van der Waals surface area contributed by atoms with E-state index in [1.807, 2.05) is 48.5 Å². The fourth-order valence-corrected chi connectivity index (χ4v) is 7.25. The number of ether oxygens (including phenoxy) is 2. The van der Waals surface area contributed by atoms with E-state index >= 15 is 0 Å². The molecule has 0 radical (unpaired) electrons. The van der Waals surface area contributed by atoms with Gasteiger partial charge in [-0.1, -0.05) is 121 Å². The van der Waals surface area contributed by atoms with Gasteiger partial charge in [-0.3, -0.25) is 9.59 Å². The first kappa shape index (κ1) is 28.0. The van der Waals surface area contributed by atoms with Gasteiger partial charge in [0.25, 0.3) is 0 Å². The maximum absolute atomic E-state index is 14.5. The lowest BCUT2D eigenvalue weighted by molar-refractivity contribution is 0.0971. The highest BCUT2D eigenvalue weighted by Gasteiger charge is 2.35. The number of carbonyl (C=O) groups excluding carboxylic acids is 2. The number of hydrogen-bond acceptors (Lipinski definition) is 4. The van der Waals surface area contributed by atoms with Gasteiger partial charge in [0.1, 0.15) is 24.7 Å². The van der Waals surface area contributed by atoms with E-state index in [1.54, 1.807) is 36.4 Å². The predicted molar refractivity (Wildman–Crippen MR) is 191 cm³/mol. The fraction of sp³-hybridized carbons (Fsp3) is 0.0455. The van der Waals surface area contributed by atoms with Gasteiger partial charge in [0.15, 0.2) is 5.78 Å². The second kappa shape index (κ2) is 11.2. The van der Waals surface area contributed by atoms with Gasteiger partial charge in [0, 0.05) is 22.3 Å². The van der Waals surface area contributed by atoms with Crippen LogP contribution < -0.4 is 9.47 Å². The normalized spacial score (nSPS) is 12.4. The quantitative estimate of drug-likeness (QED) is 0.174. The molecule has 4 heteroatoms. The number of benzene rings is 8. The highest BCUT2D eigenvalue weighted by Crippen LogP contribution is 2.39. The molecular weight excluding hydrogens is 592 g/mol. The molecule has 8 aromatic carbocycles. The third-order valence-electron chi connectivity index (χ3n) is 9.51. The molecule has 0 aromatic heterocycles. The number of carbonyl (C=O) groups is 2. The lowest BCUT2D eigenvalue weighted by Gasteiger charge is -2.23. The van der Waals surface area contributed by atoms with Crippen molar-refractivity contribution in [2.45, 2.75) is 13.2 Å². The molecule has 0 atom stereocenters. The molecule has 0 saturated heterocycles. The van der Waals surface area contributed by atoms with E-state index < -0.39 is 0 Å². The lowest BCUT2D eigenvalue weighted by atomic mass is 9.83. The maximum Gasteiger partial charge on any atom is 0.201 e. The number of fused-ring (bicyclic) bond motifs is 6. The monoisotopic (exact) mass is 620 g/mol. The summed E-state index contributed by atoms with van der Waals surface area (Å²) in [6.07, 6.45) is 0. The Morgan fingerprint density at radius 3 is 1.10 bits per heavy atom. The second-order valence-corrected chi connectivity index (χ2v) is 12.2. The molecule has 48 heavy (non-hydrogen) atoms. The van der Waals surface area contributed by atoms with Crippen LogP contribution in [0.1, 0.15) is 43.0 Å². The van der Waals surface area contributed by atoms with Crippen LogP contribution in [0.3, 0.4) is 0 Å². The highest BCUT2D eigenvalue weighted by molar-refractivity contribution is 6.30. The number of rotatable bonds is 6. The molecule has 0 N–H and O–H groups in total. The topological polar surface area (TPSA) is 52.6 Å². The molecule has 9 rings (SSSR count). The van der Waals surface area contributed by atoms with Gasteiger partial charge in [-0.25, -0.2) is 0 Å². The predicted octanol–water partition coefficient (Wildman–Crippen LogP) is 10.2. The van der Waals surface area contributed by atoms with Crippen molar-refractivity contribution >= 4 is 54.7 Å². The molecule has 0 amide bonds. The molecule has 0 saturated carbocycles. The maximum atomic E-state index is 14.5. The van der Waals surface area contributed by atoms with E-state index in [9.17, 15) is 9.59 Å². The van der Waals surface area contributed by atoms with Gasteiger partial charge in [-0.15, -0.1) is 0 Å². The van der Waals surface area contributed by atoms with E-state index in [4.69, 9.17) is 9.47 Å². The Morgan fingerprint density at radius 1 is 0.375 bits per heavy atom. The lowest BCUT2D eigenvalue weighted by Crippen LogP contribution is -2.23. The Balaban J connectivity index is 1.10. The molecule has 228 valence electrons. The Labute approximate surface area is 276 Å². The van der Waals surface area contributed by atoms with Crippen molar-refractivity contribution in [1.29, 1.82) is 0 Å². The van der Waals surface area contributed by atoms with Crippen LogP contribution in [0.2, 0.25) is 0 Å². The number of ketones is 2. The summed E-state index contributed by atoms with van der Waals surface area (Å²) < 4.78 is 13.0. The van der Waals surface area contributed by atoms with Crippen molar-refractivity contribution in [3.63, 3.8) is 0 Å². The second-order valence-electron chi connectivity index (χ2n) is 12.2. The molecule has 1 aliphatic carbocycles. The van der Waals surface area contributed by atoms with Crippen LogP contribution in [0.25, 0.3) is 43.1 Å². The van der Waals surface area contributed by atoms with Gasteiger partial charge >= 0.3 is 0 Å². The molecule has 1 aliphatic rings. The summed E-state index contributed by atoms with van der Waals surface area (Å²) in [5.41, 5.74) is 3.28. The summed E-state index contributed by atoms with van der Waals surface area (Å²) in [6.45, 7) is 0.470. The first-order valence-electron chi connectivity index (χ1n) is 16.1. The highest BCUT2D eigenvalue weighted by atomic mass is 16.5. The van der Waals surface area contributed by atoms with Gasteiger partial charge in [-0.2, -0.15) is 0 Å². The Morgan fingerprint density at radius 2 is 0.729 bits per heavy atom. The van der Waals surface area contributed by atoms with E-state index in [0.29, 0.717) is 22.6 Å². The zero-order valence-corrected chi connectivity index (χ0v) is 25.9. The molecule has 0 bridgehead atoms. The van der Waals surface area contributed by atoms with Gasteiger partial charge < -0.3 is 9.47 Å². The summed E-state index contributed by atoms with van der Waals surface area (Å²) in [4.78, 5) is 28.4. The van der Waals surface area contributed by atoms with E-state index in [0.717, 1.165) is 54.2 Å². The van der Waals surface area contributed by atoms with Gasteiger partial charge in [0.05, 0.1) is 11.1 Å². The zero-order valence-electron chi connectivity index (χ0n) is 25.9. The van der Waals surface area contributed by atoms with Crippen molar-refractivity contribution in [2.24, 2.45) is 0 Å². The Hall–Kier alpha value is -6.26. The average Bonchev–Trinajstić information content (AvgIpc) is 3.13. The van der Waals surface area contributed by atoms with Crippen LogP contribution >= 0.6 is 0 Å². The van der Waals surface area contributed by atoms with Crippen molar-refractivity contribution in [2.75, 3.05) is 0 Å². The Kier molecular flexibility index (Phi) is 6.54. The fourth-order valence-electron chi connectivity index (χ4n) is 7.25. The van der Waals surface area contributed by atoms with Crippen molar-refractivity contribution in [3.05, 3.63) is 179 Å². The minimum atomic E-state index is -0.281. The summed E-state index contributed by atoms with van der Waals surface area (Å²) >= 11 is 0. The largest absolute Gasteiger partial charge is 0.488 e. The molecule has 0 unspecified atom stereocenters. The summed E-state index contributed by atoms with van der Waals surface area (Å²) in [5, 5.41) is 8.82. The minimum Gasteiger partial charge on any atom is -0.488 e. The van der Waals surface area contributed by atoms with Gasteiger partial charge in [0.2, 0.25) is 5.78 Å². The summed E-state index contributed by atoms with van der Waals surface area (Å²) in [6, 6.07) is 47.8. The summed E-state index contributed by atoms with van der Waals surface area (Å²) in [7, 11) is 0. The molecule has 0 spiro atoms. The van der Waals surface area contributed by atoms with Crippen molar-refractivity contribution < 1.29 is 19.1 Å².